The fraction of sp³-hybridized carbons (Fsp3) is 0.250. The molecule has 0 N–H and O–H groups in total. The van der Waals surface area contributed by atoms with Gasteiger partial charge in [0, 0.05) is 18.9 Å². The van der Waals surface area contributed by atoms with E-state index in [1.54, 1.807) is 17.2 Å². The minimum Gasteiger partial charge on any atom is -0.370 e. The third-order valence-electron chi connectivity index (χ3n) is 3.53. The molecule has 0 saturated carbocycles. The van der Waals surface area contributed by atoms with Crippen LogP contribution in [0, 0.1) is 0 Å². The maximum absolute atomic E-state index is 12.6. The maximum atomic E-state index is 12.6. The molecule has 1 fully saturated rings. The van der Waals surface area contributed by atoms with Crippen molar-refractivity contribution >= 4 is 17.5 Å². The highest BCUT2D eigenvalue weighted by Crippen LogP contribution is 2.24. The van der Waals surface area contributed by atoms with Gasteiger partial charge in [0.2, 0.25) is 0 Å². The first-order valence-electron chi connectivity index (χ1n) is 6.81. The molecule has 2 aromatic rings. The standard InChI is InChI=1S/C16H15ClN2O2/c17-14-10-18-7-6-13(14)16(20)19-8-9-21-15(11-19)12-4-2-1-3-5-12/h1-7,10,15H,8-9,11H2. The first kappa shape index (κ1) is 14.0. The van der Waals surface area contributed by atoms with Crippen molar-refractivity contribution in [2.75, 3.05) is 19.7 Å². The average molecular weight is 303 g/mol. The summed E-state index contributed by atoms with van der Waals surface area (Å²) in [5.41, 5.74) is 1.57. The third kappa shape index (κ3) is 3.06. The number of carbonyl (C=O) groups is 1. The van der Waals surface area contributed by atoms with Crippen LogP contribution in [0.2, 0.25) is 5.02 Å². The largest absolute Gasteiger partial charge is 0.370 e. The van der Waals surface area contributed by atoms with Crippen LogP contribution in [0.3, 0.4) is 0 Å². The van der Waals surface area contributed by atoms with Gasteiger partial charge in [0.25, 0.3) is 5.91 Å². The quantitative estimate of drug-likeness (QED) is 0.856. The minimum atomic E-state index is -0.0930. The molecule has 21 heavy (non-hydrogen) atoms. The SMILES string of the molecule is O=C(c1ccncc1Cl)N1CCOC(c2ccccc2)C1. The molecule has 5 heteroatoms. The van der Waals surface area contributed by atoms with Crippen molar-refractivity contribution in [2.24, 2.45) is 0 Å². The van der Waals surface area contributed by atoms with Crippen molar-refractivity contribution in [1.82, 2.24) is 9.88 Å². The highest BCUT2D eigenvalue weighted by atomic mass is 35.5. The molecule has 1 unspecified atom stereocenters. The van der Waals surface area contributed by atoms with E-state index in [-0.39, 0.29) is 12.0 Å². The highest BCUT2D eigenvalue weighted by Gasteiger charge is 2.26. The van der Waals surface area contributed by atoms with Crippen molar-refractivity contribution in [3.05, 3.63) is 64.9 Å². The van der Waals surface area contributed by atoms with Crippen LogP contribution in [0.25, 0.3) is 0 Å². The zero-order valence-electron chi connectivity index (χ0n) is 11.4. The van der Waals surface area contributed by atoms with Crippen LogP contribution in [-0.4, -0.2) is 35.5 Å². The second kappa shape index (κ2) is 6.24. The molecule has 108 valence electrons. The summed E-state index contributed by atoms with van der Waals surface area (Å²) in [6.45, 7) is 1.62. The van der Waals surface area contributed by atoms with E-state index in [1.807, 2.05) is 30.3 Å². The summed E-state index contributed by atoms with van der Waals surface area (Å²) in [7, 11) is 0. The number of rotatable bonds is 2. The molecule has 3 rings (SSSR count). The van der Waals surface area contributed by atoms with E-state index in [0.29, 0.717) is 30.3 Å². The molecule has 1 aliphatic rings. The zero-order chi connectivity index (χ0) is 14.7. The van der Waals surface area contributed by atoms with Crippen LogP contribution in [-0.2, 0) is 4.74 Å². The molecular weight excluding hydrogens is 288 g/mol. The molecule has 4 nitrogen and oxygen atoms in total. The van der Waals surface area contributed by atoms with Gasteiger partial charge in [0.05, 0.1) is 23.7 Å². The first-order valence-corrected chi connectivity index (χ1v) is 7.19. The Balaban J connectivity index is 1.77. The summed E-state index contributed by atoms with van der Waals surface area (Å²) in [4.78, 5) is 18.2. The van der Waals surface area contributed by atoms with E-state index in [9.17, 15) is 4.79 Å². The number of aromatic nitrogens is 1. The molecule has 1 atom stereocenters. The summed E-state index contributed by atoms with van der Waals surface area (Å²) in [5.74, 6) is -0.0772. The Labute approximate surface area is 128 Å². The van der Waals surface area contributed by atoms with Crippen molar-refractivity contribution in [1.29, 1.82) is 0 Å². The number of amides is 1. The Morgan fingerprint density at radius 3 is 2.86 bits per heavy atom. The van der Waals surface area contributed by atoms with E-state index in [0.717, 1.165) is 5.56 Å². The Morgan fingerprint density at radius 2 is 2.10 bits per heavy atom. The minimum absolute atomic E-state index is 0.0772. The molecule has 1 saturated heterocycles. The Morgan fingerprint density at radius 1 is 1.29 bits per heavy atom. The number of pyridine rings is 1. The number of hydrogen-bond donors (Lipinski definition) is 0. The van der Waals surface area contributed by atoms with Gasteiger partial charge in [-0.15, -0.1) is 0 Å². The van der Waals surface area contributed by atoms with E-state index in [1.165, 1.54) is 6.20 Å². The van der Waals surface area contributed by atoms with Crippen molar-refractivity contribution in [2.45, 2.75) is 6.10 Å². The summed E-state index contributed by atoms with van der Waals surface area (Å²) in [6.07, 6.45) is 2.97. The van der Waals surface area contributed by atoms with Gasteiger partial charge in [-0.3, -0.25) is 9.78 Å². The van der Waals surface area contributed by atoms with Crippen LogP contribution >= 0.6 is 11.6 Å². The van der Waals surface area contributed by atoms with Gasteiger partial charge < -0.3 is 9.64 Å². The number of morpholine rings is 1. The normalized spacial score (nSPS) is 18.5. The van der Waals surface area contributed by atoms with E-state index >= 15 is 0 Å². The van der Waals surface area contributed by atoms with Crippen LogP contribution in [0.4, 0.5) is 0 Å². The number of benzene rings is 1. The molecule has 1 aromatic carbocycles. The highest BCUT2D eigenvalue weighted by molar-refractivity contribution is 6.33. The van der Waals surface area contributed by atoms with Crippen molar-refractivity contribution in [3.8, 4) is 0 Å². The fourth-order valence-electron chi connectivity index (χ4n) is 2.42. The van der Waals surface area contributed by atoms with E-state index in [4.69, 9.17) is 16.3 Å². The van der Waals surface area contributed by atoms with Gasteiger partial charge in [0.15, 0.2) is 0 Å². The van der Waals surface area contributed by atoms with Gasteiger partial charge in [-0.05, 0) is 11.6 Å². The lowest BCUT2D eigenvalue weighted by Crippen LogP contribution is -2.42. The monoisotopic (exact) mass is 302 g/mol. The topological polar surface area (TPSA) is 42.4 Å². The summed E-state index contributed by atoms with van der Waals surface area (Å²) in [5, 5.41) is 0.380. The molecule has 0 bridgehead atoms. The Kier molecular flexibility index (Phi) is 4.18. The number of carbonyl (C=O) groups excluding carboxylic acids is 1. The third-order valence-corrected chi connectivity index (χ3v) is 3.83. The van der Waals surface area contributed by atoms with Crippen LogP contribution in [0.5, 0.6) is 0 Å². The van der Waals surface area contributed by atoms with Crippen molar-refractivity contribution in [3.63, 3.8) is 0 Å². The molecular formula is C16H15ClN2O2. The van der Waals surface area contributed by atoms with Crippen LogP contribution < -0.4 is 0 Å². The molecule has 1 aliphatic heterocycles. The fourth-order valence-corrected chi connectivity index (χ4v) is 2.62. The zero-order valence-corrected chi connectivity index (χ0v) is 12.2. The summed E-state index contributed by atoms with van der Waals surface area (Å²) >= 11 is 6.05. The van der Waals surface area contributed by atoms with Gasteiger partial charge in [0.1, 0.15) is 6.10 Å². The van der Waals surface area contributed by atoms with Gasteiger partial charge in [-0.1, -0.05) is 41.9 Å². The predicted octanol–water partition coefficient (Wildman–Crippen LogP) is 2.95. The maximum Gasteiger partial charge on any atom is 0.255 e. The van der Waals surface area contributed by atoms with Crippen LogP contribution in [0.15, 0.2) is 48.8 Å². The number of ether oxygens (including phenoxy) is 1. The predicted molar refractivity (Wildman–Crippen MR) is 80.3 cm³/mol. The number of nitrogens with zero attached hydrogens (tertiary/aromatic N) is 2. The molecule has 0 aliphatic carbocycles. The molecule has 1 amide bonds. The smallest absolute Gasteiger partial charge is 0.255 e. The van der Waals surface area contributed by atoms with Gasteiger partial charge in [-0.25, -0.2) is 0 Å². The Bertz CT molecular complexity index is 633. The lowest BCUT2D eigenvalue weighted by atomic mass is 10.1. The molecule has 0 spiro atoms. The molecule has 0 radical (unpaired) electrons. The number of halogens is 1. The summed E-state index contributed by atoms with van der Waals surface area (Å²) < 4.78 is 5.77. The lowest BCUT2D eigenvalue weighted by Gasteiger charge is -2.33. The first-order chi connectivity index (χ1) is 10.3. The van der Waals surface area contributed by atoms with Crippen molar-refractivity contribution < 1.29 is 9.53 Å². The van der Waals surface area contributed by atoms with Crippen LogP contribution in [0.1, 0.15) is 22.0 Å². The van der Waals surface area contributed by atoms with E-state index in [2.05, 4.69) is 4.98 Å². The molecule has 2 heterocycles. The average Bonchev–Trinajstić information content (AvgIpc) is 2.56. The van der Waals surface area contributed by atoms with Gasteiger partial charge in [-0.2, -0.15) is 0 Å². The second-order valence-electron chi connectivity index (χ2n) is 4.88. The number of hydrogen-bond acceptors (Lipinski definition) is 3. The second-order valence-corrected chi connectivity index (χ2v) is 5.28. The molecule has 1 aromatic heterocycles. The summed E-state index contributed by atoms with van der Waals surface area (Å²) in [6, 6.07) is 11.6. The Hall–Kier alpha value is -1.91. The van der Waals surface area contributed by atoms with Gasteiger partial charge >= 0.3 is 0 Å². The lowest BCUT2D eigenvalue weighted by molar-refractivity contribution is -0.0228. The van der Waals surface area contributed by atoms with E-state index < -0.39 is 0 Å².